The van der Waals surface area contributed by atoms with Crippen LogP contribution < -0.4 is 0 Å². The van der Waals surface area contributed by atoms with Crippen LogP contribution >= 0.6 is 11.6 Å². The van der Waals surface area contributed by atoms with Crippen LogP contribution in [-0.2, 0) is 5.88 Å². The maximum absolute atomic E-state index is 12.5. The van der Waals surface area contributed by atoms with Gasteiger partial charge in [-0.1, -0.05) is 0 Å². The number of alkyl halides is 3. The Kier molecular flexibility index (Phi) is 3.69. The van der Waals surface area contributed by atoms with Gasteiger partial charge in [0.1, 0.15) is 6.07 Å². The summed E-state index contributed by atoms with van der Waals surface area (Å²) in [5.74, 6) is -0.0897. The number of nitrogens with zero attached hydrogens (tertiary/aromatic N) is 2. The van der Waals surface area contributed by atoms with Crippen molar-refractivity contribution in [3.8, 4) is 6.07 Å². The summed E-state index contributed by atoms with van der Waals surface area (Å²) in [6.45, 7) is 0. The van der Waals surface area contributed by atoms with E-state index in [1.54, 1.807) is 6.07 Å². The molecule has 0 N–H and O–H groups in total. The molecule has 0 saturated heterocycles. The highest BCUT2D eigenvalue weighted by atomic mass is 35.5. The lowest BCUT2D eigenvalue weighted by atomic mass is 10.1. The smallest absolute Gasteiger partial charge is 0.264 e. The van der Waals surface area contributed by atoms with E-state index in [0.717, 1.165) is 6.07 Å². The van der Waals surface area contributed by atoms with Crippen molar-refractivity contribution in [3.63, 3.8) is 0 Å². The zero-order valence-electron chi connectivity index (χ0n) is 7.38. The third-order valence-corrected chi connectivity index (χ3v) is 2.01. The lowest BCUT2D eigenvalue weighted by molar-refractivity contribution is 0.110. The maximum atomic E-state index is 12.5. The number of aromatic nitrogens is 1. The van der Waals surface area contributed by atoms with E-state index in [2.05, 4.69) is 4.98 Å². The van der Waals surface area contributed by atoms with E-state index in [0.29, 0.717) is 0 Å². The Morgan fingerprint density at radius 2 is 2.33 bits per heavy atom. The van der Waals surface area contributed by atoms with Crippen molar-refractivity contribution in [2.24, 2.45) is 0 Å². The Bertz CT molecular complexity index is 429. The zero-order chi connectivity index (χ0) is 11.4. The van der Waals surface area contributed by atoms with E-state index in [1.807, 2.05) is 0 Å². The van der Waals surface area contributed by atoms with Gasteiger partial charge in [0.05, 0.1) is 17.1 Å². The summed E-state index contributed by atoms with van der Waals surface area (Å²) >= 11 is 5.42. The Hall–Kier alpha value is -1.54. The summed E-state index contributed by atoms with van der Waals surface area (Å²) in [4.78, 5) is 14.2. The van der Waals surface area contributed by atoms with Crippen molar-refractivity contribution in [2.75, 3.05) is 0 Å². The van der Waals surface area contributed by atoms with Gasteiger partial charge in [0.2, 0.25) is 0 Å². The summed E-state index contributed by atoms with van der Waals surface area (Å²) in [7, 11) is 0. The van der Waals surface area contributed by atoms with E-state index >= 15 is 0 Å². The van der Waals surface area contributed by atoms with Gasteiger partial charge in [-0.2, -0.15) is 5.26 Å². The minimum absolute atomic E-state index is 0.0897. The average molecular weight is 231 g/mol. The molecule has 1 rings (SSSR count). The largest absolute Gasteiger partial charge is 0.298 e. The van der Waals surface area contributed by atoms with Crippen LogP contribution in [0.15, 0.2) is 6.07 Å². The monoisotopic (exact) mass is 230 g/mol. The Morgan fingerprint density at radius 1 is 1.67 bits per heavy atom. The predicted octanol–water partition coefficient (Wildman–Crippen LogP) is 2.44. The summed E-state index contributed by atoms with van der Waals surface area (Å²) in [6, 6.07) is 2.61. The van der Waals surface area contributed by atoms with Crippen LogP contribution in [-0.4, -0.2) is 11.3 Å². The molecule has 0 atom stereocenters. The lowest BCUT2D eigenvalue weighted by Crippen LogP contribution is -2.03. The fourth-order valence-corrected chi connectivity index (χ4v) is 1.23. The molecule has 0 radical (unpaired) electrons. The molecular formula is C9H5ClF2N2O. The van der Waals surface area contributed by atoms with E-state index in [9.17, 15) is 13.6 Å². The number of hydrogen-bond donors (Lipinski definition) is 0. The first-order valence-electron chi connectivity index (χ1n) is 3.87. The van der Waals surface area contributed by atoms with Crippen LogP contribution in [0.25, 0.3) is 0 Å². The molecule has 1 aromatic rings. The zero-order valence-corrected chi connectivity index (χ0v) is 8.13. The minimum Gasteiger partial charge on any atom is -0.298 e. The quantitative estimate of drug-likeness (QED) is 0.592. The molecule has 1 heterocycles. The van der Waals surface area contributed by atoms with Crippen LogP contribution in [0.5, 0.6) is 0 Å². The fourth-order valence-electron chi connectivity index (χ4n) is 1.09. The molecule has 0 aliphatic carbocycles. The molecule has 1 aromatic heterocycles. The minimum atomic E-state index is -2.83. The van der Waals surface area contributed by atoms with Gasteiger partial charge in [-0.3, -0.25) is 4.79 Å². The maximum Gasteiger partial charge on any atom is 0.264 e. The van der Waals surface area contributed by atoms with Crippen LogP contribution in [0, 0.1) is 11.3 Å². The molecular weight excluding hydrogens is 226 g/mol. The second-order valence-corrected chi connectivity index (χ2v) is 2.90. The number of hydrogen-bond acceptors (Lipinski definition) is 3. The molecule has 0 fully saturated rings. The molecule has 3 nitrogen and oxygen atoms in total. The van der Waals surface area contributed by atoms with Crippen molar-refractivity contribution in [1.82, 2.24) is 4.98 Å². The van der Waals surface area contributed by atoms with Crippen molar-refractivity contribution >= 4 is 17.9 Å². The third-order valence-electron chi connectivity index (χ3n) is 1.74. The molecule has 0 amide bonds. The summed E-state index contributed by atoms with van der Waals surface area (Å²) in [6.07, 6.45) is -2.63. The number of aldehydes is 1. The molecule has 0 bridgehead atoms. The van der Waals surface area contributed by atoms with E-state index < -0.39 is 12.0 Å². The number of rotatable bonds is 3. The predicted molar refractivity (Wildman–Crippen MR) is 48.9 cm³/mol. The van der Waals surface area contributed by atoms with E-state index in [-0.39, 0.29) is 29.1 Å². The second-order valence-electron chi connectivity index (χ2n) is 2.63. The summed E-state index contributed by atoms with van der Waals surface area (Å²) < 4.78 is 25.0. The number of halogens is 3. The van der Waals surface area contributed by atoms with Gasteiger partial charge in [0.15, 0.2) is 12.0 Å². The number of carbonyl (C=O) groups excluding carboxylic acids is 1. The van der Waals surface area contributed by atoms with Crippen molar-refractivity contribution in [1.29, 1.82) is 5.26 Å². The van der Waals surface area contributed by atoms with Gasteiger partial charge < -0.3 is 0 Å². The van der Waals surface area contributed by atoms with Gasteiger partial charge in [-0.15, -0.1) is 11.6 Å². The molecule has 0 aliphatic heterocycles. The molecule has 0 aromatic carbocycles. The fraction of sp³-hybridized carbons (Fsp3) is 0.222. The van der Waals surface area contributed by atoms with Gasteiger partial charge >= 0.3 is 0 Å². The van der Waals surface area contributed by atoms with Crippen LogP contribution in [0.4, 0.5) is 8.78 Å². The summed E-state index contributed by atoms with van der Waals surface area (Å²) in [5.41, 5.74) is -1.05. The van der Waals surface area contributed by atoms with Crippen molar-refractivity contribution in [3.05, 3.63) is 28.6 Å². The molecule has 0 saturated carbocycles. The first kappa shape index (κ1) is 11.5. The topological polar surface area (TPSA) is 53.8 Å². The average Bonchev–Trinajstić information content (AvgIpc) is 2.26. The highest BCUT2D eigenvalue weighted by molar-refractivity contribution is 6.16. The SMILES string of the molecule is N#Cc1nc(CCl)cc(C(F)F)c1C=O. The molecule has 6 heteroatoms. The second kappa shape index (κ2) is 4.80. The number of pyridine rings is 1. The van der Waals surface area contributed by atoms with Crippen molar-refractivity contribution < 1.29 is 13.6 Å². The summed E-state index contributed by atoms with van der Waals surface area (Å²) in [5, 5.41) is 8.62. The highest BCUT2D eigenvalue weighted by Gasteiger charge is 2.18. The van der Waals surface area contributed by atoms with Gasteiger partial charge in [0, 0.05) is 5.56 Å². The first-order chi connectivity index (χ1) is 7.13. The van der Waals surface area contributed by atoms with Gasteiger partial charge in [-0.05, 0) is 6.07 Å². The third kappa shape index (κ3) is 2.28. The standard InChI is InChI=1S/C9H5ClF2N2O/c10-2-5-1-6(9(11)12)7(4-15)8(3-13)14-5/h1,4,9H,2H2. The van der Waals surface area contributed by atoms with E-state index in [4.69, 9.17) is 16.9 Å². The van der Waals surface area contributed by atoms with Crippen molar-refractivity contribution in [2.45, 2.75) is 12.3 Å². The van der Waals surface area contributed by atoms with Gasteiger partial charge in [-0.25, -0.2) is 13.8 Å². The highest BCUT2D eigenvalue weighted by Crippen LogP contribution is 2.24. The molecule has 0 unspecified atom stereocenters. The number of nitriles is 1. The first-order valence-corrected chi connectivity index (χ1v) is 4.40. The number of carbonyl (C=O) groups is 1. The normalized spacial score (nSPS) is 10.1. The molecule has 0 aliphatic rings. The van der Waals surface area contributed by atoms with E-state index in [1.165, 1.54) is 0 Å². The lowest BCUT2D eigenvalue weighted by Gasteiger charge is -2.06. The molecule has 15 heavy (non-hydrogen) atoms. The van der Waals surface area contributed by atoms with Gasteiger partial charge in [0.25, 0.3) is 6.43 Å². The van der Waals surface area contributed by atoms with Crippen LogP contribution in [0.1, 0.15) is 33.7 Å². The Balaban J connectivity index is 3.47. The Morgan fingerprint density at radius 3 is 2.73 bits per heavy atom. The van der Waals surface area contributed by atoms with Crippen LogP contribution in [0.2, 0.25) is 0 Å². The molecule has 0 spiro atoms. The van der Waals surface area contributed by atoms with Crippen LogP contribution in [0.3, 0.4) is 0 Å². The Labute approximate surface area is 89.3 Å². The molecule has 78 valence electrons.